The molecule has 1 heterocycles. The lowest BCUT2D eigenvalue weighted by molar-refractivity contribution is 0.662. The molecule has 0 N–H and O–H groups in total. The Balaban J connectivity index is 3.40. The molecule has 0 saturated heterocycles. The quantitative estimate of drug-likeness (QED) is 0.526. The highest BCUT2D eigenvalue weighted by Gasteiger charge is 2.05. The minimum atomic E-state index is -0.332. The van der Waals surface area contributed by atoms with Gasteiger partial charge in [0.1, 0.15) is 0 Å². The van der Waals surface area contributed by atoms with E-state index in [1.54, 1.807) is 12.5 Å². The average molecular weight is 210 g/mol. The molecule has 0 bridgehead atoms. The van der Waals surface area contributed by atoms with Crippen molar-refractivity contribution in [2.75, 3.05) is 0 Å². The van der Waals surface area contributed by atoms with E-state index in [9.17, 15) is 9.59 Å². The third-order valence-corrected chi connectivity index (χ3v) is 2.50. The van der Waals surface area contributed by atoms with E-state index in [0.717, 1.165) is 4.57 Å². The molecule has 0 atom stereocenters. The van der Waals surface area contributed by atoms with Gasteiger partial charge in [0.15, 0.2) is 0 Å². The van der Waals surface area contributed by atoms with Crippen LogP contribution >= 0.6 is 11.8 Å². The molecule has 1 rings (SSSR count). The molecule has 0 amide bonds. The second kappa shape index (κ2) is 4.17. The van der Waals surface area contributed by atoms with Gasteiger partial charge in [-0.2, -0.15) is 0 Å². The third kappa shape index (κ3) is 1.89. The minimum Gasteiger partial charge on any atom is -0.302 e. The lowest BCUT2D eigenvalue weighted by Crippen LogP contribution is -2.37. The van der Waals surface area contributed by atoms with Gasteiger partial charge >= 0.3 is 5.69 Å². The molecule has 0 aliphatic rings. The zero-order valence-corrected chi connectivity index (χ0v) is 8.80. The first-order valence-corrected chi connectivity index (χ1v) is 4.73. The first-order chi connectivity index (χ1) is 6.57. The summed E-state index contributed by atoms with van der Waals surface area (Å²) in [4.78, 5) is 23.3. The van der Waals surface area contributed by atoms with Crippen molar-refractivity contribution in [2.45, 2.75) is 4.90 Å². The van der Waals surface area contributed by atoms with Crippen LogP contribution in [-0.4, -0.2) is 9.13 Å². The number of thioether (sulfide) groups is 1. The fourth-order valence-electron chi connectivity index (χ4n) is 0.961. The molecule has 0 aliphatic carbocycles. The summed E-state index contributed by atoms with van der Waals surface area (Å²) in [6, 6.07) is 0. The largest absolute Gasteiger partial charge is 0.330 e. The minimum absolute atomic E-state index is 0.301. The van der Waals surface area contributed by atoms with E-state index in [2.05, 4.69) is 12.3 Å². The van der Waals surface area contributed by atoms with Crippen LogP contribution in [0.15, 0.2) is 38.4 Å². The van der Waals surface area contributed by atoms with Gasteiger partial charge in [-0.1, -0.05) is 18.3 Å². The maximum absolute atomic E-state index is 11.5. The topological polar surface area (TPSA) is 44.0 Å². The normalized spacial score (nSPS) is 9.57. The van der Waals surface area contributed by atoms with Gasteiger partial charge in [-0.15, -0.1) is 5.73 Å². The van der Waals surface area contributed by atoms with Crippen LogP contribution in [0.4, 0.5) is 0 Å². The summed E-state index contributed by atoms with van der Waals surface area (Å²) in [7, 11) is 3.05. The summed E-state index contributed by atoms with van der Waals surface area (Å²) in [5.74, 6) is 0. The van der Waals surface area contributed by atoms with E-state index < -0.39 is 0 Å². The van der Waals surface area contributed by atoms with Crippen molar-refractivity contribution in [2.24, 2.45) is 14.1 Å². The maximum Gasteiger partial charge on any atom is 0.330 e. The second-order valence-electron chi connectivity index (χ2n) is 2.69. The van der Waals surface area contributed by atoms with Gasteiger partial charge in [-0.25, -0.2) is 4.79 Å². The number of hydrogen-bond acceptors (Lipinski definition) is 3. The average Bonchev–Trinajstić information content (AvgIpc) is 2.18. The van der Waals surface area contributed by atoms with Crippen LogP contribution < -0.4 is 11.2 Å². The maximum atomic E-state index is 11.5. The molecular weight excluding hydrogens is 200 g/mol. The van der Waals surface area contributed by atoms with Crippen LogP contribution in [-0.2, 0) is 14.1 Å². The molecule has 0 radical (unpaired) electrons. The fraction of sp³-hybridized carbons (Fsp3) is 0.222. The molecule has 5 heteroatoms. The molecule has 0 aromatic carbocycles. The van der Waals surface area contributed by atoms with E-state index in [-0.39, 0.29) is 11.2 Å². The molecule has 1 aromatic heterocycles. The van der Waals surface area contributed by atoms with Gasteiger partial charge in [0.2, 0.25) is 0 Å². The monoisotopic (exact) mass is 210 g/mol. The van der Waals surface area contributed by atoms with Gasteiger partial charge in [0, 0.05) is 25.7 Å². The highest BCUT2D eigenvalue weighted by atomic mass is 32.2. The van der Waals surface area contributed by atoms with Gasteiger partial charge < -0.3 is 4.57 Å². The van der Waals surface area contributed by atoms with Gasteiger partial charge in [0.05, 0.1) is 4.90 Å². The molecule has 14 heavy (non-hydrogen) atoms. The predicted molar refractivity (Wildman–Crippen MR) is 56.5 cm³/mol. The summed E-state index contributed by atoms with van der Waals surface area (Å²) < 4.78 is 2.43. The van der Waals surface area contributed by atoms with Gasteiger partial charge in [0.25, 0.3) is 5.56 Å². The van der Waals surface area contributed by atoms with E-state index in [4.69, 9.17) is 0 Å². The Morgan fingerprint density at radius 3 is 2.71 bits per heavy atom. The molecule has 0 aliphatic heterocycles. The van der Waals surface area contributed by atoms with Crippen LogP contribution in [0, 0.1) is 0 Å². The summed E-state index contributed by atoms with van der Waals surface area (Å²) in [5, 5.41) is 1.57. The fourth-order valence-corrected chi connectivity index (χ4v) is 1.63. The first-order valence-electron chi connectivity index (χ1n) is 3.85. The smallest absolute Gasteiger partial charge is 0.302 e. The Morgan fingerprint density at radius 2 is 2.14 bits per heavy atom. The molecule has 0 spiro atoms. The molecule has 1 aromatic rings. The Bertz CT molecular complexity index is 507. The molecule has 0 saturated carbocycles. The van der Waals surface area contributed by atoms with Crippen LogP contribution in [0.1, 0.15) is 0 Å². The van der Waals surface area contributed by atoms with Crippen molar-refractivity contribution < 1.29 is 0 Å². The van der Waals surface area contributed by atoms with E-state index in [1.165, 1.54) is 29.6 Å². The Hall–Kier alpha value is -1.45. The standard InChI is InChI=1S/C9H10N2O2S/c1-4-5-14-7-6-10(2)9(13)11(3)8(7)12/h5-6H,1H2,2-3H3. The van der Waals surface area contributed by atoms with Gasteiger partial charge in [-0.05, 0) is 0 Å². The predicted octanol–water partition coefficient (Wildman–Crippen LogP) is 0.475. The molecule has 0 unspecified atom stereocenters. The number of aromatic nitrogens is 2. The zero-order chi connectivity index (χ0) is 10.7. The third-order valence-electron chi connectivity index (χ3n) is 1.68. The lowest BCUT2D eigenvalue weighted by atomic mass is 10.6. The Labute approximate surface area is 85.2 Å². The van der Waals surface area contributed by atoms with Crippen molar-refractivity contribution in [3.8, 4) is 0 Å². The molecule has 0 fully saturated rings. The first kappa shape index (κ1) is 10.6. The molecular formula is C9H10N2O2S. The van der Waals surface area contributed by atoms with E-state index in [0.29, 0.717) is 4.90 Å². The van der Waals surface area contributed by atoms with E-state index in [1.807, 2.05) is 0 Å². The summed E-state index contributed by atoms with van der Waals surface area (Å²) >= 11 is 1.19. The Morgan fingerprint density at radius 1 is 1.50 bits per heavy atom. The van der Waals surface area contributed by atoms with Crippen molar-refractivity contribution in [3.05, 3.63) is 44.8 Å². The second-order valence-corrected chi connectivity index (χ2v) is 3.60. The highest BCUT2D eigenvalue weighted by molar-refractivity contribution is 8.02. The number of aryl methyl sites for hydroxylation is 1. The SMILES string of the molecule is C=C=CSc1cn(C)c(=O)n(C)c1=O. The lowest BCUT2D eigenvalue weighted by Gasteiger charge is -2.03. The number of nitrogens with zero attached hydrogens (tertiary/aromatic N) is 2. The van der Waals surface area contributed by atoms with Crippen LogP contribution in [0.3, 0.4) is 0 Å². The highest BCUT2D eigenvalue weighted by Crippen LogP contribution is 2.11. The van der Waals surface area contributed by atoms with Crippen molar-refractivity contribution in [1.29, 1.82) is 0 Å². The summed E-state index contributed by atoms with van der Waals surface area (Å²) in [6.45, 7) is 3.39. The zero-order valence-electron chi connectivity index (χ0n) is 7.98. The molecule has 4 nitrogen and oxygen atoms in total. The summed E-state index contributed by atoms with van der Waals surface area (Å²) in [6.07, 6.45) is 1.50. The van der Waals surface area contributed by atoms with Crippen molar-refractivity contribution in [3.63, 3.8) is 0 Å². The van der Waals surface area contributed by atoms with Gasteiger partial charge in [-0.3, -0.25) is 9.36 Å². The van der Waals surface area contributed by atoms with Crippen LogP contribution in [0.25, 0.3) is 0 Å². The van der Waals surface area contributed by atoms with Crippen LogP contribution in [0.5, 0.6) is 0 Å². The number of rotatable bonds is 2. The Kier molecular flexibility index (Phi) is 3.17. The van der Waals surface area contributed by atoms with Crippen molar-refractivity contribution in [1.82, 2.24) is 9.13 Å². The van der Waals surface area contributed by atoms with E-state index >= 15 is 0 Å². The number of hydrogen-bond donors (Lipinski definition) is 0. The molecule has 74 valence electrons. The van der Waals surface area contributed by atoms with Crippen molar-refractivity contribution >= 4 is 11.8 Å². The van der Waals surface area contributed by atoms with Crippen LogP contribution in [0.2, 0.25) is 0 Å². The summed E-state index contributed by atoms with van der Waals surface area (Å²) in [5.41, 5.74) is 1.92.